The fourth-order valence-corrected chi connectivity index (χ4v) is 2.61. The summed E-state index contributed by atoms with van der Waals surface area (Å²) in [5, 5.41) is 10.5. The zero-order chi connectivity index (χ0) is 16.4. The van der Waals surface area contributed by atoms with Crippen molar-refractivity contribution >= 4 is 23.4 Å². The molecule has 2 aromatic rings. The van der Waals surface area contributed by atoms with Crippen LogP contribution in [0, 0.1) is 0 Å². The predicted molar refractivity (Wildman–Crippen MR) is 84.8 cm³/mol. The number of ether oxygens (including phenoxy) is 1. The number of halogens is 1. The highest BCUT2D eigenvalue weighted by Crippen LogP contribution is 2.24. The summed E-state index contributed by atoms with van der Waals surface area (Å²) < 4.78 is 5.43. The second-order valence-electron chi connectivity index (χ2n) is 5.16. The summed E-state index contributed by atoms with van der Waals surface area (Å²) in [5.74, 6) is -0.361. The Balaban J connectivity index is 1.63. The van der Waals surface area contributed by atoms with Crippen molar-refractivity contribution in [3.8, 4) is 5.75 Å². The highest BCUT2D eigenvalue weighted by atomic mass is 35.5. The first kappa shape index (κ1) is 15.5. The van der Waals surface area contributed by atoms with Gasteiger partial charge in [-0.25, -0.2) is 0 Å². The highest BCUT2D eigenvalue weighted by Gasteiger charge is 2.36. The number of fused-ring (bicyclic) bond motifs is 1. The lowest BCUT2D eigenvalue weighted by Crippen LogP contribution is -2.39. The van der Waals surface area contributed by atoms with Crippen LogP contribution >= 0.6 is 11.6 Å². The number of nitrogens with zero attached hydrogens (tertiary/aromatic N) is 1. The Morgan fingerprint density at radius 2 is 1.57 bits per heavy atom. The van der Waals surface area contributed by atoms with Gasteiger partial charge in [-0.1, -0.05) is 35.9 Å². The van der Waals surface area contributed by atoms with Crippen molar-refractivity contribution < 1.29 is 19.4 Å². The third kappa shape index (κ3) is 3.06. The Morgan fingerprint density at radius 3 is 2.17 bits per heavy atom. The topological polar surface area (TPSA) is 66.8 Å². The van der Waals surface area contributed by atoms with E-state index >= 15 is 0 Å². The second-order valence-corrected chi connectivity index (χ2v) is 5.57. The van der Waals surface area contributed by atoms with Gasteiger partial charge in [-0.15, -0.1) is 0 Å². The van der Waals surface area contributed by atoms with E-state index in [9.17, 15) is 14.7 Å². The van der Waals surface area contributed by atoms with Crippen molar-refractivity contribution in [1.82, 2.24) is 4.90 Å². The van der Waals surface area contributed by atoms with Crippen LogP contribution < -0.4 is 4.74 Å². The largest absolute Gasteiger partial charge is 0.489 e. The number of amides is 2. The predicted octanol–water partition coefficient (Wildman–Crippen LogP) is 2.38. The van der Waals surface area contributed by atoms with Crippen LogP contribution in [0.3, 0.4) is 0 Å². The quantitative estimate of drug-likeness (QED) is 0.854. The van der Waals surface area contributed by atoms with E-state index in [0.717, 1.165) is 4.90 Å². The van der Waals surface area contributed by atoms with E-state index in [1.54, 1.807) is 48.5 Å². The lowest BCUT2D eigenvalue weighted by molar-refractivity contribution is 0.0457. The molecule has 0 radical (unpaired) electrons. The van der Waals surface area contributed by atoms with Gasteiger partial charge in [0.2, 0.25) is 0 Å². The van der Waals surface area contributed by atoms with Gasteiger partial charge in [-0.2, -0.15) is 0 Å². The van der Waals surface area contributed by atoms with Gasteiger partial charge in [-0.3, -0.25) is 14.5 Å². The minimum atomic E-state index is -1.01. The van der Waals surface area contributed by atoms with Crippen LogP contribution in [-0.2, 0) is 0 Å². The number of benzene rings is 2. The number of rotatable bonds is 5. The first-order valence-electron chi connectivity index (χ1n) is 7.08. The summed E-state index contributed by atoms with van der Waals surface area (Å²) in [5.41, 5.74) is 0.716. The van der Waals surface area contributed by atoms with Crippen molar-refractivity contribution in [3.05, 3.63) is 64.7 Å². The molecule has 0 spiro atoms. The zero-order valence-electron chi connectivity index (χ0n) is 12.1. The number of hydrogen-bond donors (Lipinski definition) is 1. The van der Waals surface area contributed by atoms with E-state index in [0.29, 0.717) is 21.9 Å². The molecular weight excluding hydrogens is 318 g/mol. The molecule has 0 bridgehead atoms. The first-order valence-corrected chi connectivity index (χ1v) is 7.46. The van der Waals surface area contributed by atoms with E-state index in [4.69, 9.17) is 16.3 Å². The Bertz CT molecular complexity index is 727. The third-order valence-electron chi connectivity index (χ3n) is 3.54. The van der Waals surface area contributed by atoms with Crippen LogP contribution in [0.2, 0.25) is 5.02 Å². The van der Waals surface area contributed by atoms with Gasteiger partial charge < -0.3 is 9.84 Å². The Labute approximate surface area is 138 Å². The highest BCUT2D eigenvalue weighted by molar-refractivity contribution is 6.32. The molecule has 2 aromatic carbocycles. The molecular formula is C17H14ClNO4. The van der Waals surface area contributed by atoms with Gasteiger partial charge in [0.1, 0.15) is 18.5 Å². The van der Waals surface area contributed by atoms with E-state index in [1.165, 1.54) is 0 Å². The van der Waals surface area contributed by atoms with Crippen LogP contribution in [0.5, 0.6) is 5.75 Å². The second kappa shape index (κ2) is 6.40. The van der Waals surface area contributed by atoms with Gasteiger partial charge in [0.25, 0.3) is 11.8 Å². The summed E-state index contributed by atoms with van der Waals surface area (Å²) in [6, 6.07) is 13.5. The third-order valence-corrected chi connectivity index (χ3v) is 3.85. The number of carbonyl (C=O) groups excluding carboxylic acids is 2. The van der Waals surface area contributed by atoms with E-state index in [1.807, 2.05) is 0 Å². The SMILES string of the molecule is O=C1c2ccccc2C(=O)N1C[C@H](O)COc1ccccc1Cl. The van der Waals surface area contributed by atoms with Crippen LogP contribution in [0.1, 0.15) is 20.7 Å². The fraction of sp³-hybridized carbons (Fsp3) is 0.176. The van der Waals surface area contributed by atoms with Gasteiger partial charge in [0.15, 0.2) is 0 Å². The number of hydrogen-bond acceptors (Lipinski definition) is 4. The molecule has 1 aliphatic rings. The molecule has 0 saturated heterocycles. The monoisotopic (exact) mass is 331 g/mol. The summed E-state index contributed by atoms with van der Waals surface area (Å²) in [6.07, 6.45) is -1.01. The van der Waals surface area contributed by atoms with Crippen molar-refractivity contribution in [2.75, 3.05) is 13.2 Å². The Kier molecular flexibility index (Phi) is 4.32. The maximum Gasteiger partial charge on any atom is 0.261 e. The van der Waals surface area contributed by atoms with Crippen LogP contribution in [-0.4, -0.2) is 41.1 Å². The minimum Gasteiger partial charge on any atom is -0.489 e. The molecule has 0 unspecified atom stereocenters. The number of aliphatic hydroxyl groups is 1. The summed E-state index contributed by atoms with van der Waals surface area (Å²) >= 11 is 5.96. The van der Waals surface area contributed by atoms with Crippen molar-refractivity contribution in [2.24, 2.45) is 0 Å². The van der Waals surface area contributed by atoms with Gasteiger partial charge in [-0.05, 0) is 24.3 Å². The van der Waals surface area contributed by atoms with Gasteiger partial charge in [0.05, 0.1) is 22.7 Å². The fourth-order valence-electron chi connectivity index (χ4n) is 2.42. The standard InChI is InChI=1S/C17H14ClNO4/c18-14-7-3-4-8-15(14)23-10-11(20)9-19-16(21)12-5-1-2-6-13(12)17(19)22/h1-8,11,20H,9-10H2/t11-/m0/s1. The zero-order valence-corrected chi connectivity index (χ0v) is 12.9. The molecule has 1 atom stereocenters. The molecule has 1 heterocycles. The molecule has 1 N–H and O–H groups in total. The average Bonchev–Trinajstić information content (AvgIpc) is 2.80. The molecule has 1 aliphatic heterocycles. The van der Waals surface area contributed by atoms with Gasteiger partial charge >= 0.3 is 0 Å². The molecule has 0 aliphatic carbocycles. The molecule has 118 valence electrons. The van der Waals surface area contributed by atoms with E-state index < -0.39 is 17.9 Å². The molecule has 0 aromatic heterocycles. The number of β-amino-alcohol motifs (C(OH)–C–C–N with tert-alkyl or cyclic N) is 1. The Hall–Kier alpha value is -2.37. The lowest BCUT2D eigenvalue weighted by Gasteiger charge is -2.19. The van der Waals surface area contributed by atoms with Crippen molar-refractivity contribution in [1.29, 1.82) is 0 Å². The molecule has 3 rings (SSSR count). The molecule has 2 amide bonds. The maximum absolute atomic E-state index is 12.2. The number of carbonyl (C=O) groups is 2. The first-order chi connectivity index (χ1) is 11.1. The maximum atomic E-state index is 12.2. The number of imide groups is 1. The number of para-hydroxylation sites is 1. The lowest BCUT2D eigenvalue weighted by atomic mass is 10.1. The summed E-state index contributed by atoms with van der Waals surface area (Å²) in [4.78, 5) is 25.4. The number of aliphatic hydroxyl groups excluding tert-OH is 1. The molecule has 0 saturated carbocycles. The summed E-state index contributed by atoms with van der Waals surface area (Å²) in [6.45, 7) is -0.200. The van der Waals surface area contributed by atoms with Crippen molar-refractivity contribution in [2.45, 2.75) is 6.10 Å². The van der Waals surface area contributed by atoms with E-state index in [2.05, 4.69) is 0 Å². The molecule has 5 nitrogen and oxygen atoms in total. The summed E-state index contributed by atoms with van der Waals surface area (Å²) in [7, 11) is 0. The molecule has 0 fully saturated rings. The van der Waals surface area contributed by atoms with Crippen LogP contribution in [0.25, 0.3) is 0 Å². The smallest absolute Gasteiger partial charge is 0.261 e. The van der Waals surface area contributed by atoms with Gasteiger partial charge in [0, 0.05) is 0 Å². The average molecular weight is 332 g/mol. The normalized spacial score (nSPS) is 14.8. The molecule has 23 heavy (non-hydrogen) atoms. The molecule has 6 heteroatoms. The van der Waals surface area contributed by atoms with Crippen LogP contribution in [0.4, 0.5) is 0 Å². The van der Waals surface area contributed by atoms with E-state index in [-0.39, 0.29) is 13.2 Å². The minimum absolute atomic E-state index is 0.0723. The van der Waals surface area contributed by atoms with Crippen molar-refractivity contribution in [3.63, 3.8) is 0 Å². The van der Waals surface area contributed by atoms with Crippen LogP contribution in [0.15, 0.2) is 48.5 Å². The Morgan fingerprint density at radius 1 is 1.00 bits per heavy atom.